The SMILES string of the molecule is COCCC(C)Nc1cccc(S(C)(=O)=O)c1. The minimum atomic E-state index is -3.14. The zero-order valence-corrected chi connectivity index (χ0v) is 11.3. The van der Waals surface area contributed by atoms with Gasteiger partial charge in [-0.2, -0.15) is 0 Å². The minimum Gasteiger partial charge on any atom is -0.385 e. The van der Waals surface area contributed by atoms with Gasteiger partial charge in [0.2, 0.25) is 0 Å². The molecular weight excluding hydrogens is 238 g/mol. The van der Waals surface area contributed by atoms with Crippen molar-refractivity contribution in [3.8, 4) is 0 Å². The van der Waals surface area contributed by atoms with Crippen LogP contribution in [0.15, 0.2) is 29.2 Å². The number of sulfone groups is 1. The number of nitrogens with one attached hydrogen (secondary N) is 1. The van der Waals surface area contributed by atoms with Crippen LogP contribution in [0.4, 0.5) is 5.69 Å². The van der Waals surface area contributed by atoms with E-state index in [0.29, 0.717) is 11.5 Å². The number of hydrogen-bond donors (Lipinski definition) is 1. The van der Waals surface area contributed by atoms with Gasteiger partial charge in [0.25, 0.3) is 0 Å². The van der Waals surface area contributed by atoms with E-state index in [1.807, 2.05) is 13.0 Å². The lowest BCUT2D eigenvalue weighted by molar-refractivity contribution is 0.191. The first-order chi connectivity index (χ1) is 7.93. The molecule has 0 aliphatic carbocycles. The first kappa shape index (κ1) is 14.0. The van der Waals surface area contributed by atoms with Gasteiger partial charge in [-0.15, -0.1) is 0 Å². The van der Waals surface area contributed by atoms with E-state index in [1.54, 1.807) is 25.3 Å². The molecule has 0 saturated carbocycles. The zero-order chi connectivity index (χ0) is 12.9. The highest BCUT2D eigenvalue weighted by atomic mass is 32.2. The molecule has 0 radical (unpaired) electrons. The molecule has 1 rings (SSSR count). The molecule has 1 N–H and O–H groups in total. The average molecular weight is 257 g/mol. The highest BCUT2D eigenvalue weighted by Crippen LogP contribution is 2.16. The third kappa shape index (κ3) is 4.75. The van der Waals surface area contributed by atoms with Crippen molar-refractivity contribution in [2.45, 2.75) is 24.3 Å². The summed E-state index contributed by atoms with van der Waals surface area (Å²) in [5.74, 6) is 0. The van der Waals surface area contributed by atoms with Crippen LogP contribution in [0.3, 0.4) is 0 Å². The summed E-state index contributed by atoms with van der Waals surface area (Å²) in [6.07, 6.45) is 2.08. The Kier molecular flexibility index (Phi) is 4.96. The van der Waals surface area contributed by atoms with Gasteiger partial charge in [-0.3, -0.25) is 0 Å². The molecule has 17 heavy (non-hydrogen) atoms. The maximum absolute atomic E-state index is 11.4. The van der Waals surface area contributed by atoms with Gasteiger partial charge in [0.15, 0.2) is 9.84 Å². The summed E-state index contributed by atoms with van der Waals surface area (Å²) >= 11 is 0. The minimum absolute atomic E-state index is 0.241. The first-order valence-corrected chi connectivity index (χ1v) is 7.38. The Bertz CT molecular complexity index is 457. The van der Waals surface area contributed by atoms with Gasteiger partial charge in [0.05, 0.1) is 4.90 Å². The molecular formula is C12H19NO3S. The normalized spacial score (nSPS) is 13.4. The van der Waals surface area contributed by atoms with Crippen LogP contribution in [0.1, 0.15) is 13.3 Å². The van der Waals surface area contributed by atoms with E-state index in [4.69, 9.17) is 4.74 Å². The van der Waals surface area contributed by atoms with Crippen molar-refractivity contribution in [1.82, 2.24) is 0 Å². The van der Waals surface area contributed by atoms with E-state index in [1.165, 1.54) is 6.26 Å². The quantitative estimate of drug-likeness (QED) is 0.846. The predicted octanol–water partition coefficient (Wildman–Crippen LogP) is 1.93. The van der Waals surface area contributed by atoms with E-state index in [9.17, 15) is 8.42 Å². The number of methoxy groups -OCH3 is 1. The van der Waals surface area contributed by atoms with Gasteiger partial charge >= 0.3 is 0 Å². The third-order valence-electron chi connectivity index (χ3n) is 2.43. The van der Waals surface area contributed by atoms with Crippen molar-refractivity contribution < 1.29 is 13.2 Å². The van der Waals surface area contributed by atoms with E-state index in [0.717, 1.165) is 12.1 Å². The Morgan fingerprint density at radius 2 is 2.12 bits per heavy atom. The molecule has 0 aromatic heterocycles. The molecule has 0 heterocycles. The van der Waals surface area contributed by atoms with Crippen LogP contribution in [-0.2, 0) is 14.6 Å². The molecule has 1 atom stereocenters. The Morgan fingerprint density at radius 1 is 1.41 bits per heavy atom. The lowest BCUT2D eigenvalue weighted by Gasteiger charge is -2.15. The molecule has 1 aromatic carbocycles. The van der Waals surface area contributed by atoms with Crippen LogP contribution in [0.5, 0.6) is 0 Å². The summed E-state index contributed by atoms with van der Waals surface area (Å²) in [4.78, 5) is 0.335. The number of ether oxygens (including phenoxy) is 1. The number of benzene rings is 1. The van der Waals surface area contributed by atoms with Crippen LogP contribution >= 0.6 is 0 Å². The molecule has 0 saturated heterocycles. The molecule has 0 aliphatic rings. The molecule has 96 valence electrons. The molecule has 1 aromatic rings. The fourth-order valence-electron chi connectivity index (χ4n) is 1.47. The summed E-state index contributed by atoms with van der Waals surface area (Å²) in [6, 6.07) is 7.09. The number of anilines is 1. The first-order valence-electron chi connectivity index (χ1n) is 5.49. The summed E-state index contributed by atoms with van der Waals surface area (Å²) in [6.45, 7) is 2.71. The Hall–Kier alpha value is -1.07. The van der Waals surface area contributed by atoms with Crippen molar-refractivity contribution in [1.29, 1.82) is 0 Å². The predicted molar refractivity (Wildman–Crippen MR) is 69.1 cm³/mol. The van der Waals surface area contributed by atoms with Crippen molar-refractivity contribution in [3.05, 3.63) is 24.3 Å². The second-order valence-corrected chi connectivity index (χ2v) is 6.14. The molecule has 5 heteroatoms. The second-order valence-electron chi connectivity index (χ2n) is 4.13. The van der Waals surface area contributed by atoms with Gasteiger partial charge in [-0.25, -0.2) is 8.42 Å². The smallest absolute Gasteiger partial charge is 0.175 e. The van der Waals surface area contributed by atoms with Crippen LogP contribution < -0.4 is 5.32 Å². The van der Waals surface area contributed by atoms with Crippen LogP contribution in [0.25, 0.3) is 0 Å². The van der Waals surface area contributed by atoms with Gasteiger partial charge < -0.3 is 10.1 Å². The van der Waals surface area contributed by atoms with E-state index >= 15 is 0 Å². The maximum atomic E-state index is 11.4. The Morgan fingerprint density at radius 3 is 2.71 bits per heavy atom. The summed E-state index contributed by atoms with van der Waals surface area (Å²) in [7, 11) is -1.48. The number of hydrogen-bond acceptors (Lipinski definition) is 4. The molecule has 4 nitrogen and oxygen atoms in total. The second kappa shape index (κ2) is 6.02. The number of rotatable bonds is 6. The molecule has 1 unspecified atom stereocenters. The molecule has 0 spiro atoms. The topological polar surface area (TPSA) is 55.4 Å². The largest absolute Gasteiger partial charge is 0.385 e. The fourth-order valence-corrected chi connectivity index (χ4v) is 2.13. The van der Waals surface area contributed by atoms with E-state index in [-0.39, 0.29) is 6.04 Å². The average Bonchev–Trinajstić information content (AvgIpc) is 2.25. The highest BCUT2D eigenvalue weighted by molar-refractivity contribution is 7.90. The van der Waals surface area contributed by atoms with Crippen molar-refractivity contribution in [2.75, 3.05) is 25.3 Å². The third-order valence-corrected chi connectivity index (χ3v) is 3.54. The van der Waals surface area contributed by atoms with Gasteiger partial charge in [-0.05, 0) is 31.5 Å². The highest BCUT2D eigenvalue weighted by Gasteiger charge is 2.08. The molecule has 0 bridgehead atoms. The fraction of sp³-hybridized carbons (Fsp3) is 0.500. The summed E-state index contributed by atoms with van der Waals surface area (Å²) in [5, 5.41) is 3.24. The molecule has 0 amide bonds. The van der Waals surface area contributed by atoms with Crippen molar-refractivity contribution in [3.63, 3.8) is 0 Å². The van der Waals surface area contributed by atoms with E-state index < -0.39 is 9.84 Å². The van der Waals surface area contributed by atoms with Crippen LogP contribution in [0.2, 0.25) is 0 Å². The van der Waals surface area contributed by atoms with Gasteiger partial charge in [0.1, 0.15) is 0 Å². The lowest BCUT2D eigenvalue weighted by atomic mass is 10.2. The molecule has 0 fully saturated rings. The summed E-state index contributed by atoms with van der Waals surface area (Å²) < 4.78 is 27.8. The Balaban J connectivity index is 2.73. The van der Waals surface area contributed by atoms with Gasteiger partial charge in [-0.1, -0.05) is 6.07 Å². The van der Waals surface area contributed by atoms with Gasteiger partial charge in [0, 0.05) is 31.7 Å². The lowest BCUT2D eigenvalue weighted by Crippen LogP contribution is -2.17. The van der Waals surface area contributed by atoms with E-state index in [2.05, 4.69) is 5.32 Å². The van der Waals surface area contributed by atoms with Crippen molar-refractivity contribution >= 4 is 15.5 Å². The standard InChI is InChI=1S/C12H19NO3S/c1-10(7-8-16-2)13-11-5-4-6-12(9-11)17(3,14)15/h4-6,9-10,13H,7-8H2,1-3H3. The summed E-state index contributed by atoms with van der Waals surface area (Å²) in [5.41, 5.74) is 0.816. The zero-order valence-electron chi connectivity index (χ0n) is 10.4. The monoisotopic (exact) mass is 257 g/mol. The van der Waals surface area contributed by atoms with Crippen LogP contribution in [0, 0.1) is 0 Å². The molecule has 0 aliphatic heterocycles. The maximum Gasteiger partial charge on any atom is 0.175 e. The van der Waals surface area contributed by atoms with Crippen molar-refractivity contribution in [2.24, 2.45) is 0 Å². The Labute approximate surface area is 103 Å². The van der Waals surface area contributed by atoms with Crippen LogP contribution in [-0.4, -0.2) is 34.4 Å².